The molecule has 3 rings (SSSR count). The average Bonchev–Trinajstić information content (AvgIpc) is 3.21. The summed E-state index contributed by atoms with van der Waals surface area (Å²) < 4.78 is 0. The van der Waals surface area contributed by atoms with Crippen molar-refractivity contribution < 1.29 is 0 Å². The van der Waals surface area contributed by atoms with Crippen molar-refractivity contribution in [3.8, 4) is 0 Å². The van der Waals surface area contributed by atoms with Gasteiger partial charge in [0.2, 0.25) is 0 Å². The summed E-state index contributed by atoms with van der Waals surface area (Å²) in [5, 5.41) is 6.24. The number of benzene rings is 1. The fourth-order valence-electron chi connectivity index (χ4n) is 2.62. The standard InChI is InChI=1S/C16H20N2/c1-16(2,14-6-7-14)18-11-13-5-3-4-12-10-17-9-8-15(12)13/h3-5,8-10,14,18H,6-7,11H2,1-2H3. The van der Waals surface area contributed by atoms with Crippen molar-refractivity contribution in [3.05, 3.63) is 42.2 Å². The Labute approximate surface area is 108 Å². The Kier molecular flexibility index (Phi) is 2.83. The van der Waals surface area contributed by atoms with Crippen molar-refractivity contribution in [2.45, 2.75) is 38.8 Å². The van der Waals surface area contributed by atoms with Crippen molar-refractivity contribution in [2.75, 3.05) is 0 Å². The van der Waals surface area contributed by atoms with E-state index in [9.17, 15) is 0 Å². The Morgan fingerprint density at radius 1 is 1.28 bits per heavy atom. The molecule has 1 heterocycles. The minimum absolute atomic E-state index is 0.259. The molecule has 2 nitrogen and oxygen atoms in total. The van der Waals surface area contributed by atoms with E-state index in [1.165, 1.54) is 29.2 Å². The van der Waals surface area contributed by atoms with E-state index in [2.05, 4.69) is 48.4 Å². The van der Waals surface area contributed by atoms with Crippen molar-refractivity contribution in [2.24, 2.45) is 5.92 Å². The van der Waals surface area contributed by atoms with Crippen LogP contribution in [-0.4, -0.2) is 10.5 Å². The largest absolute Gasteiger partial charge is 0.307 e. The monoisotopic (exact) mass is 240 g/mol. The minimum atomic E-state index is 0.259. The predicted octanol–water partition coefficient (Wildman–Crippen LogP) is 3.51. The van der Waals surface area contributed by atoms with Crippen molar-refractivity contribution in [1.82, 2.24) is 10.3 Å². The highest BCUT2D eigenvalue weighted by atomic mass is 15.0. The molecule has 2 heteroatoms. The molecule has 1 aliphatic rings. The van der Waals surface area contributed by atoms with Gasteiger partial charge in [-0.05, 0) is 49.6 Å². The van der Waals surface area contributed by atoms with Gasteiger partial charge in [0.05, 0.1) is 0 Å². The van der Waals surface area contributed by atoms with Crippen LogP contribution in [0.5, 0.6) is 0 Å². The maximum Gasteiger partial charge on any atom is 0.0346 e. The van der Waals surface area contributed by atoms with E-state index in [0.29, 0.717) is 0 Å². The summed E-state index contributed by atoms with van der Waals surface area (Å²) in [6.45, 7) is 5.57. The van der Waals surface area contributed by atoms with Crippen LogP contribution in [0.4, 0.5) is 0 Å². The number of fused-ring (bicyclic) bond motifs is 1. The second-order valence-electron chi connectivity index (χ2n) is 5.86. The van der Waals surface area contributed by atoms with Gasteiger partial charge in [0.15, 0.2) is 0 Å². The molecule has 0 atom stereocenters. The molecular weight excluding hydrogens is 220 g/mol. The summed E-state index contributed by atoms with van der Waals surface area (Å²) in [7, 11) is 0. The van der Waals surface area contributed by atoms with E-state index >= 15 is 0 Å². The molecule has 1 fully saturated rings. The molecule has 1 aromatic heterocycles. The van der Waals surface area contributed by atoms with Gasteiger partial charge in [-0.2, -0.15) is 0 Å². The second-order valence-corrected chi connectivity index (χ2v) is 5.86. The quantitative estimate of drug-likeness (QED) is 0.884. The Morgan fingerprint density at radius 2 is 2.11 bits per heavy atom. The highest BCUT2D eigenvalue weighted by Crippen LogP contribution is 2.39. The zero-order valence-electron chi connectivity index (χ0n) is 11.1. The number of pyridine rings is 1. The van der Waals surface area contributed by atoms with Crippen LogP contribution in [0, 0.1) is 5.92 Å². The normalized spacial score (nSPS) is 16.1. The van der Waals surface area contributed by atoms with E-state index < -0.39 is 0 Å². The number of nitrogens with zero attached hydrogens (tertiary/aromatic N) is 1. The number of rotatable bonds is 4. The fraction of sp³-hybridized carbons (Fsp3) is 0.438. The smallest absolute Gasteiger partial charge is 0.0346 e. The van der Waals surface area contributed by atoms with Crippen LogP contribution in [0.25, 0.3) is 10.8 Å². The Morgan fingerprint density at radius 3 is 2.89 bits per heavy atom. The average molecular weight is 240 g/mol. The van der Waals surface area contributed by atoms with E-state index in [-0.39, 0.29) is 5.54 Å². The summed E-state index contributed by atoms with van der Waals surface area (Å²) in [6, 6.07) is 8.55. The van der Waals surface area contributed by atoms with Gasteiger partial charge in [-0.1, -0.05) is 18.2 Å². The SMILES string of the molecule is CC(C)(NCc1cccc2cnccc12)C1CC1. The van der Waals surface area contributed by atoms with Crippen LogP contribution in [0.1, 0.15) is 32.3 Å². The first-order chi connectivity index (χ1) is 8.67. The molecule has 0 aliphatic heterocycles. The van der Waals surface area contributed by atoms with Gasteiger partial charge in [0.1, 0.15) is 0 Å². The van der Waals surface area contributed by atoms with Gasteiger partial charge in [-0.25, -0.2) is 0 Å². The molecule has 1 N–H and O–H groups in total. The third kappa shape index (κ3) is 2.25. The highest BCUT2D eigenvalue weighted by molar-refractivity contribution is 5.84. The van der Waals surface area contributed by atoms with E-state index in [1.807, 2.05) is 12.4 Å². The molecule has 1 aliphatic carbocycles. The summed E-state index contributed by atoms with van der Waals surface area (Å²) in [6.07, 6.45) is 6.56. The molecule has 2 aromatic rings. The van der Waals surface area contributed by atoms with Crippen LogP contribution >= 0.6 is 0 Å². The molecule has 0 bridgehead atoms. The summed E-state index contributed by atoms with van der Waals surface area (Å²) in [5.74, 6) is 0.856. The topological polar surface area (TPSA) is 24.9 Å². The first-order valence-electron chi connectivity index (χ1n) is 6.73. The van der Waals surface area contributed by atoms with Crippen LogP contribution in [-0.2, 0) is 6.54 Å². The van der Waals surface area contributed by atoms with Gasteiger partial charge in [-0.15, -0.1) is 0 Å². The third-order valence-corrected chi connectivity index (χ3v) is 4.10. The van der Waals surface area contributed by atoms with Crippen LogP contribution < -0.4 is 5.32 Å². The maximum atomic E-state index is 4.18. The molecular formula is C16H20N2. The lowest BCUT2D eigenvalue weighted by Gasteiger charge is -2.26. The van der Waals surface area contributed by atoms with Crippen LogP contribution in [0.15, 0.2) is 36.7 Å². The second kappa shape index (κ2) is 4.36. The molecule has 94 valence electrons. The molecule has 1 aromatic carbocycles. The van der Waals surface area contributed by atoms with Crippen molar-refractivity contribution >= 4 is 10.8 Å². The van der Waals surface area contributed by atoms with Gasteiger partial charge in [-0.3, -0.25) is 4.98 Å². The number of hydrogen-bond acceptors (Lipinski definition) is 2. The molecule has 0 spiro atoms. The zero-order chi connectivity index (χ0) is 12.6. The third-order valence-electron chi connectivity index (χ3n) is 4.10. The molecule has 0 amide bonds. The lowest BCUT2D eigenvalue weighted by Crippen LogP contribution is -2.40. The number of nitrogens with one attached hydrogen (secondary N) is 1. The molecule has 0 unspecified atom stereocenters. The first-order valence-corrected chi connectivity index (χ1v) is 6.73. The predicted molar refractivity (Wildman–Crippen MR) is 75.4 cm³/mol. The van der Waals surface area contributed by atoms with E-state index in [1.54, 1.807) is 0 Å². The Bertz CT molecular complexity index is 551. The number of aromatic nitrogens is 1. The summed E-state index contributed by atoms with van der Waals surface area (Å²) in [4.78, 5) is 4.18. The van der Waals surface area contributed by atoms with Gasteiger partial charge < -0.3 is 5.32 Å². The Balaban J connectivity index is 1.82. The minimum Gasteiger partial charge on any atom is -0.307 e. The molecule has 0 saturated heterocycles. The van der Waals surface area contributed by atoms with E-state index in [0.717, 1.165) is 12.5 Å². The van der Waals surface area contributed by atoms with Crippen molar-refractivity contribution in [1.29, 1.82) is 0 Å². The van der Waals surface area contributed by atoms with Gasteiger partial charge >= 0.3 is 0 Å². The highest BCUT2D eigenvalue weighted by Gasteiger charge is 2.37. The van der Waals surface area contributed by atoms with Crippen LogP contribution in [0.3, 0.4) is 0 Å². The lowest BCUT2D eigenvalue weighted by molar-refractivity contribution is 0.340. The molecule has 0 radical (unpaired) electrons. The fourth-order valence-corrected chi connectivity index (χ4v) is 2.62. The number of hydrogen-bond donors (Lipinski definition) is 1. The lowest BCUT2D eigenvalue weighted by atomic mass is 9.97. The summed E-state index contributed by atoms with van der Waals surface area (Å²) >= 11 is 0. The summed E-state index contributed by atoms with van der Waals surface area (Å²) in [5.41, 5.74) is 1.62. The molecule has 1 saturated carbocycles. The maximum absolute atomic E-state index is 4.18. The zero-order valence-corrected chi connectivity index (χ0v) is 11.1. The van der Waals surface area contributed by atoms with Gasteiger partial charge in [0.25, 0.3) is 0 Å². The van der Waals surface area contributed by atoms with Gasteiger partial charge in [0, 0.05) is 29.9 Å². The van der Waals surface area contributed by atoms with Crippen LogP contribution in [0.2, 0.25) is 0 Å². The first kappa shape index (κ1) is 11.7. The molecule has 18 heavy (non-hydrogen) atoms. The Hall–Kier alpha value is -1.41. The van der Waals surface area contributed by atoms with Crippen molar-refractivity contribution in [3.63, 3.8) is 0 Å². The van der Waals surface area contributed by atoms with E-state index in [4.69, 9.17) is 0 Å².